The molecule has 0 fully saturated rings. The summed E-state index contributed by atoms with van der Waals surface area (Å²) >= 11 is 0. The van der Waals surface area contributed by atoms with Crippen LogP contribution in [-0.2, 0) is 25.7 Å². The molecule has 0 aromatic heterocycles. The lowest BCUT2D eigenvalue weighted by Gasteiger charge is -2.26. The number of nitrogens with two attached hydrogens (primary N) is 1. The molecule has 0 bridgehead atoms. The van der Waals surface area contributed by atoms with E-state index in [1.165, 1.54) is 6.92 Å². The smallest absolute Gasteiger partial charge is 0.243 e. The van der Waals surface area contributed by atoms with Crippen molar-refractivity contribution in [1.82, 2.24) is 10.6 Å². The van der Waals surface area contributed by atoms with Crippen LogP contribution in [0.25, 0.3) is 0 Å². The molecule has 2 aromatic rings. The highest BCUT2D eigenvalue weighted by atomic mass is 16.2. The van der Waals surface area contributed by atoms with Crippen LogP contribution >= 0.6 is 0 Å². The van der Waals surface area contributed by atoms with Gasteiger partial charge in [-0.3, -0.25) is 19.2 Å². The van der Waals surface area contributed by atoms with Crippen molar-refractivity contribution in [3.63, 3.8) is 0 Å². The molecular formula is C29H40N4O4. The van der Waals surface area contributed by atoms with Crippen molar-refractivity contribution in [3.05, 3.63) is 65.2 Å². The van der Waals surface area contributed by atoms with Gasteiger partial charge < -0.3 is 21.3 Å². The molecule has 0 radical (unpaired) electrons. The van der Waals surface area contributed by atoms with Crippen LogP contribution < -0.4 is 21.3 Å². The lowest BCUT2D eigenvalue weighted by molar-refractivity contribution is -0.132. The predicted molar refractivity (Wildman–Crippen MR) is 148 cm³/mol. The summed E-state index contributed by atoms with van der Waals surface area (Å²) in [5.41, 5.74) is 8.68. The SMILES string of the molecule is CC(C)[C@H](NC(=O)CCCCC(=O)N1Cc2ccccc2C#Cc2ccccc21)C(=O)N[C@@H](C)C(N)=O.[HH].[HH].[HH]. The summed E-state index contributed by atoms with van der Waals surface area (Å²) in [5.74, 6) is 4.80. The van der Waals surface area contributed by atoms with E-state index in [1.54, 1.807) is 4.90 Å². The molecule has 8 heteroatoms. The lowest BCUT2D eigenvalue weighted by atomic mass is 10.0. The molecule has 2 aromatic carbocycles. The quantitative estimate of drug-likeness (QED) is 0.336. The Hall–Kier alpha value is -4.12. The minimum Gasteiger partial charge on any atom is -0.368 e. The van der Waals surface area contributed by atoms with Gasteiger partial charge in [-0.2, -0.15) is 0 Å². The van der Waals surface area contributed by atoms with Gasteiger partial charge in [0.25, 0.3) is 0 Å². The Balaban J connectivity index is 0.00000507. The third-order valence-electron chi connectivity index (χ3n) is 6.27. The second kappa shape index (κ2) is 12.7. The zero-order valence-electron chi connectivity index (χ0n) is 21.5. The first-order valence-corrected chi connectivity index (χ1v) is 12.6. The number of nitrogens with zero attached hydrogens (tertiary/aromatic N) is 1. The second-order valence-electron chi connectivity index (χ2n) is 9.53. The van der Waals surface area contributed by atoms with Crippen molar-refractivity contribution in [2.75, 3.05) is 4.90 Å². The summed E-state index contributed by atoms with van der Waals surface area (Å²) in [6.07, 6.45) is 1.48. The number of carbonyl (C=O) groups is 4. The van der Waals surface area contributed by atoms with Gasteiger partial charge in [0.15, 0.2) is 0 Å². The molecule has 37 heavy (non-hydrogen) atoms. The molecule has 0 aliphatic carbocycles. The first kappa shape index (κ1) is 27.5. The van der Waals surface area contributed by atoms with E-state index in [0.717, 1.165) is 22.4 Å². The van der Waals surface area contributed by atoms with Gasteiger partial charge in [0, 0.05) is 28.2 Å². The number of rotatable bonds is 10. The standard InChI is InChI=1S/C29H34N4O4.3H2/c1-19(2)27(29(37)31-20(3)28(30)36)32-25(34)14-8-9-15-26(35)33-18-23-12-5-4-10-21(23)16-17-22-11-6-7-13-24(22)33;;;/h4-7,10-13,19-20,27H,8-9,14-15,18H2,1-3H3,(H2,30,36)(H,31,37)(H,32,34);3*1H/t20-,27-;;;/m0.../s1. The van der Waals surface area contributed by atoms with Crippen LogP contribution in [0.15, 0.2) is 48.5 Å². The molecule has 4 amide bonds. The summed E-state index contributed by atoms with van der Waals surface area (Å²) in [7, 11) is 0. The van der Waals surface area contributed by atoms with Crippen LogP contribution in [0.4, 0.5) is 5.69 Å². The number of nitrogens with one attached hydrogen (secondary N) is 2. The van der Waals surface area contributed by atoms with E-state index in [4.69, 9.17) is 5.73 Å². The number of fused-ring (bicyclic) bond motifs is 2. The lowest BCUT2D eigenvalue weighted by Crippen LogP contribution is -2.53. The summed E-state index contributed by atoms with van der Waals surface area (Å²) < 4.78 is 0. The second-order valence-corrected chi connectivity index (χ2v) is 9.53. The predicted octanol–water partition coefficient (Wildman–Crippen LogP) is 3.36. The van der Waals surface area contributed by atoms with E-state index in [2.05, 4.69) is 22.5 Å². The van der Waals surface area contributed by atoms with Crippen LogP contribution in [0.2, 0.25) is 0 Å². The van der Waals surface area contributed by atoms with Crippen molar-refractivity contribution in [1.29, 1.82) is 0 Å². The average molecular weight is 509 g/mol. The maximum Gasteiger partial charge on any atom is 0.243 e. The van der Waals surface area contributed by atoms with E-state index in [9.17, 15) is 19.2 Å². The van der Waals surface area contributed by atoms with E-state index < -0.39 is 23.9 Å². The number of carbonyl (C=O) groups excluding carboxylic acids is 4. The zero-order chi connectivity index (χ0) is 26.9. The highest BCUT2D eigenvalue weighted by molar-refractivity contribution is 5.95. The summed E-state index contributed by atoms with van der Waals surface area (Å²) in [5, 5.41) is 5.26. The number of amides is 4. The highest BCUT2D eigenvalue weighted by Crippen LogP contribution is 2.26. The minimum absolute atomic E-state index is 0. The highest BCUT2D eigenvalue weighted by Gasteiger charge is 2.26. The molecule has 8 nitrogen and oxygen atoms in total. The molecule has 0 unspecified atom stereocenters. The number of benzene rings is 2. The van der Waals surface area contributed by atoms with E-state index in [0.29, 0.717) is 19.4 Å². The molecule has 1 aliphatic heterocycles. The van der Waals surface area contributed by atoms with Crippen molar-refractivity contribution < 1.29 is 23.5 Å². The number of hydrogen-bond donors (Lipinski definition) is 3. The van der Waals surface area contributed by atoms with Gasteiger partial charge in [-0.1, -0.05) is 56.0 Å². The Bertz CT molecular complexity index is 1240. The van der Waals surface area contributed by atoms with Crippen molar-refractivity contribution in [3.8, 4) is 11.8 Å². The van der Waals surface area contributed by atoms with Crippen molar-refractivity contribution in [2.24, 2.45) is 11.7 Å². The topological polar surface area (TPSA) is 122 Å². The molecule has 0 spiro atoms. The van der Waals surface area contributed by atoms with Crippen LogP contribution in [0, 0.1) is 17.8 Å². The monoisotopic (exact) mass is 508 g/mol. The molecule has 3 rings (SSSR count). The maximum absolute atomic E-state index is 13.3. The Morgan fingerprint density at radius 2 is 1.54 bits per heavy atom. The zero-order valence-corrected chi connectivity index (χ0v) is 21.5. The van der Waals surface area contributed by atoms with Gasteiger partial charge in [-0.25, -0.2) is 0 Å². The largest absolute Gasteiger partial charge is 0.368 e. The number of unbranched alkanes of at least 4 members (excludes halogenated alkanes) is 1. The van der Waals surface area contributed by atoms with Gasteiger partial charge in [0.2, 0.25) is 23.6 Å². The van der Waals surface area contributed by atoms with Gasteiger partial charge in [0.1, 0.15) is 12.1 Å². The number of anilines is 1. The third kappa shape index (κ3) is 7.43. The molecular weight excluding hydrogens is 468 g/mol. The minimum atomic E-state index is -0.831. The summed E-state index contributed by atoms with van der Waals surface area (Å²) in [6.45, 7) is 5.53. The molecule has 2 atom stereocenters. The first-order chi connectivity index (χ1) is 17.7. The number of primary amides is 1. The molecule has 1 heterocycles. The molecule has 4 N–H and O–H groups in total. The molecule has 1 aliphatic rings. The van der Waals surface area contributed by atoms with Crippen molar-refractivity contribution >= 4 is 29.3 Å². The Morgan fingerprint density at radius 1 is 0.919 bits per heavy atom. The van der Waals surface area contributed by atoms with Gasteiger partial charge in [-0.05, 0) is 49.4 Å². The first-order valence-electron chi connectivity index (χ1n) is 12.6. The van der Waals surface area contributed by atoms with Gasteiger partial charge in [-0.15, -0.1) is 0 Å². The number of hydrogen-bond acceptors (Lipinski definition) is 4. The van der Waals surface area contributed by atoms with Gasteiger partial charge >= 0.3 is 0 Å². The fourth-order valence-corrected chi connectivity index (χ4v) is 4.06. The van der Waals surface area contributed by atoms with E-state index in [-0.39, 0.29) is 34.9 Å². The maximum atomic E-state index is 13.3. The van der Waals surface area contributed by atoms with Crippen molar-refractivity contribution in [2.45, 2.75) is 65.1 Å². The van der Waals surface area contributed by atoms with Crippen LogP contribution in [0.3, 0.4) is 0 Å². The van der Waals surface area contributed by atoms with Gasteiger partial charge in [0.05, 0.1) is 12.2 Å². The summed E-state index contributed by atoms with van der Waals surface area (Å²) in [6, 6.07) is 13.8. The van der Waals surface area contributed by atoms with E-state index >= 15 is 0 Å². The molecule has 0 saturated carbocycles. The van der Waals surface area contributed by atoms with Crippen LogP contribution in [0.5, 0.6) is 0 Å². The Kier molecular flexibility index (Phi) is 9.45. The fraction of sp³-hybridized carbons (Fsp3) is 0.379. The molecule has 200 valence electrons. The van der Waals surface area contributed by atoms with E-state index in [1.807, 2.05) is 62.4 Å². The Labute approximate surface area is 222 Å². The number of para-hydroxylation sites is 1. The Morgan fingerprint density at radius 3 is 2.24 bits per heavy atom. The summed E-state index contributed by atoms with van der Waals surface area (Å²) in [4.78, 5) is 51.3. The third-order valence-corrected chi connectivity index (χ3v) is 6.27. The van der Waals surface area contributed by atoms with Crippen LogP contribution in [-0.4, -0.2) is 35.7 Å². The fourth-order valence-electron chi connectivity index (χ4n) is 4.06. The average Bonchev–Trinajstić information content (AvgIpc) is 2.86. The normalized spacial score (nSPS) is 13.6. The van der Waals surface area contributed by atoms with Crippen LogP contribution in [0.1, 0.15) is 67.4 Å². The molecule has 0 saturated heterocycles.